The Kier molecular flexibility index (Phi) is 6.28. The molecule has 0 bridgehead atoms. The number of carbonyl (C=O) groups excluding carboxylic acids is 1. The maximum absolute atomic E-state index is 13.0. The van der Waals surface area contributed by atoms with Gasteiger partial charge in [0.05, 0.1) is 12.0 Å². The predicted octanol–water partition coefficient (Wildman–Crippen LogP) is 4.57. The van der Waals surface area contributed by atoms with Crippen LogP contribution in [0.25, 0.3) is 0 Å². The van der Waals surface area contributed by atoms with Crippen molar-refractivity contribution in [2.75, 3.05) is 13.1 Å². The molecule has 26 heavy (non-hydrogen) atoms. The summed E-state index contributed by atoms with van der Waals surface area (Å²) in [6.45, 7) is 4.51. The van der Waals surface area contributed by atoms with Crippen LogP contribution >= 0.6 is 11.6 Å². The Morgan fingerprint density at radius 3 is 2.62 bits per heavy atom. The molecule has 1 N–H and O–H groups in total. The van der Waals surface area contributed by atoms with E-state index in [-0.39, 0.29) is 23.7 Å². The maximum atomic E-state index is 13.0. The molecule has 0 spiro atoms. The van der Waals surface area contributed by atoms with E-state index in [1.54, 1.807) is 12.1 Å². The first kappa shape index (κ1) is 18.9. The largest absolute Gasteiger partial charge is 0.349 e. The van der Waals surface area contributed by atoms with Crippen molar-refractivity contribution in [3.63, 3.8) is 0 Å². The lowest BCUT2D eigenvalue weighted by molar-refractivity contribution is -0.127. The molecule has 2 aromatic carbocycles. The number of hydrogen-bond donors (Lipinski definition) is 1. The topological polar surface area (TPSA) is 32.3 Å². The second-order valence-electron chi connectivity index (χ2n) is 6.98. The van der Waals surface area contributed by atoms with Gasteiger partial charge in [0.15, 0.2) is 0 Å². The molecule has 0 saturated carbocycles. The molecule has 0 aliphatic carbocycles. The number of hydrogen-bond acceptors (Lipinski definition) is 2. The molecule has 5 heteroatoms. The fraction of sp³-hybridized carbons (Fsp3) is 0.381. The first-order chi connectivity index (χ1) is 12.5. The van der Waals surface area contributed by atoms with Crippen LogP contribution in [0, 0.1) is 11.7 Å². The van der Waals surface area contributed by atoms with Gasteiger partial charge in [0, 0.05) is 18.1 Å². The minimum Gasteiger partial charge on any atom is -0.349 e. The highest BCUT2D eigenvalue weighted by Crippen LogP contribution is 2.21. The van der Waals surface area contributed by atoms with Gasteiger partial charge >= 0.3 is 0 Å². The zero-order valence-corrected chi connectivity index (χ0v) is 15.7. The van der Waals surface area contributed by atoms with Gasteiger partial charge in [-0.2, -0.15) is 0 Å². The second kappa shape index (κ2) is 8.65. The molecule has 0 radical (unpaired) electrons. The van der Waals surface area contributed by atoms with Gasteiger partial charge < -0.3 is 5.32 Å². The molecular formula is C21H24ClFN2O. The van der Waals surface area contributed by atoms with Gasteiger partial charge in [0.1, 0.15) is 5.82 Å². The molecule has 2 atom stereocenters. The van der Waals surface area contributed by atoms with Crippen LogP contribution in [-0.4, -0.2) is 23.9 Å². The van der Waals surface area contributed by atoms with Crippen LogP contribution in [0.5, 0.6) is 0 Å². The summed E-state index contributed by atoms with van der Waals surface area (Å²) >= 11 is 5.94. The zero-order valence-electron chi connectivity index (χ0n) is 14.9. The summed E-state index contributed by atoms with van der Waals surface area (Å²) in [4.78, 5) is 15.0. The Labute approximate surface area is 159 Å². The van der Waals surface area contributed by atoms with Crippen molar-refractivity contribution >= 4 is 17.5 Å². The van der Waals surface area contributed by atoms with Crippen molar-refractivity contribution in [2.24, 2.45) is 5.92 Å². The normalized spacial score (nSPS) is 19.1. The Morgan fingerprint density at radius 2 is 1.92 bits per heavy atom. The molecule has 1 amide bonds. The molecule has 3 nitrogen and oxygen atoms in total. The Morgan fingerprint density at radius 1 is 1.23 bits per heavy atom. The van der Waals surface area contributed by atoms with Crippen LogP contribution in [0.2, 0.25) is 5.02 Å². The molecular weight excluding hydrogens is 351 g/mol. The van der Waals surface area contributed by atoms with Crippen molar-refractivity contribution < 1.29 is 9.18 Å². The van der Waals surface area contributed by atoms with Gasteiger partial charge in [-0.3, -0.25) is 9.69 Å². The molecule has 1 aliphatic rings. The fourth-order valence-corrected chi connectivity index (χ4v) is 3.55. The monoisotopic (exact) mass is 374 g/mol. The van der Waals surface area contributed by atoms with Gasteiger partial charge in [-0.1, -0.05) is 35.9 Å². The van der Waals surface area contributed by atoms with Crippen molar-refractivity contribution in [1.29, 1.82) is 0 Å². The average molecular weight is 375 g/mol. The van der Waals surface area contributed by atoms with E-state index >= 15 is 0 Å². The molecule has 2 aromatic rings. The number of rotatable bonds is 5. The van der Waals surface area contributed by atoms with Crippen molar-refractivity contribution in [3.05, 3.63) is 70.5 Å². The Balaban J connectivity index is 1.55. The number of likely N-dealkylation sites (tertiary alicyclic amines) is 1. The van der Waals surface area contributed by atoms with Gasteiger partial charge in [-0.05, 0) is 61.7 Å². The first-order valence-electron chi connectivity index (χ1n) is 9.04. The number of nitrogens with one attached hydrogen (secondary N) is 1. The van der Waals surface area contributed by atoms with E-state index < -0.39 is 0 Å². The summed E-state index contributed by atoms with van der Waals surface area (Å²) in [5.74, 6) is -0.209. The molecule has 0 aromatic heterocycles. The van der Waals surface area contributed by atoms with Crippen LogP contribution in [0.3, 0.4) is 0 Å². The zero-order chi connectivity index (χ0) is 18.5. The molecule has 1 saturated heterocycles. The number of piperidine rings is 1. The third kappa shape index (κ3) is 5.05. The Hall–Kier alpha value is -1.91. The number of carbonyl (C=O) groups is 1. The minimum absolute atomic E-state index is 0.0149. The molecule has 138 valence electrons. The van der Waals surface area contributed by atoms with Crippen LogP contribution in [0.1, 0.15) is 36.9 Å². The van der Waals surface area contributed by atoms with Crippen LogP contribution < -0.4 is 5.32 Å². The number of amides is 1. The lowest BCUT2D eigenvalue weighted by Crippen LogP contribution is -2.43. The standard InChI is InChI=1S/C21H24ClFN2O/c1-15(17-6-10-20(23)11-7-17)24-21(26)18-3-2-12-25(14-18)13-16-4-8-19(22)9-5-16/h4-11,15,18H,2-3,12-14H2,1H3,(H,24,26)/t15-,18+/m0/s1. The highest BCUT2D eigenvalue weighted by Gasteiger charge is 2.26. The minimum atomic E-state index is -0.266. The predicted molar refractivity (Wildman–Crippen MR) is 102 cm³/mol. The number of halogens is 2. The third-order valence-corrected chi connectivity index (χ3v) is 5.18. The van der Waals surface area contributed by atoms with E-state index in [9.17, 15) is 9.18 Å². The summed E-state index contributed by atoms with van der Waals surface area (Å²) in [6.07, 6.45) is 1.91. The van der Waals surface area contributed by atoms with E-state index in [0.717, 1.165) is 43.1 Å². The lowest BCUT2D eigenvalue weighted by atomic mass is 9.96. The Bertz CT molecular complexity index is 733. The summed E-state index contributed by atoms with van der Waals surface area (Å²) in [6, 6.07) is 14.0. The highest BCUT2D eigenvalue weighted by molar-refractivity contribution is 6.30. The van der Waals surface area contributed by atoms with E-state index in [1.807, 2.05) is 31.2 Å². The van der Waals surface area contributed by atoms with E-state index in [2.05, 4.69) is 10.2 Å². The third-order valence-electron chi connectivity index (χ3n) is 4.92. The van der Waals surface area contributed by atoms with Crippen molar-refractivity contribution in [3.8, 4) is 0 Å². The molecule has 0 unspecified atom stereocenters. The summed E-state index contributed by atoms with van der Waals surface area (Å²) in [5.41, 5.74) is 2.11. The van der Waals surface area contributed by atoms with E-state index in [1.165, 1.54) is 17.7 Å². The van der Waals surface area contributed by atoms with Gasteiger partial charge in [-0.15, -0.1) is 0 Å². The first-order valence-corrected chi connectivity index (χ1v) is 9.41. The molecule has 3 rings (SSSR count). The van der Waals surface area contributed by atoms with Gasteiger partial charge in [-0.25, -0.2) is 4.39 Å². The number of benzene rings is 2. The van der Waals surface area contributed by atoms with Crippen molar-refractivity contribution in [1.82, 2.24) is 10.2 Å². The smallest absolute Gasteiger partial charge is 0.224 e. The van der Waals surface area contributed by atoms with E-state index in [4.69, 9.17) is 11.6 Å². The van der Waals surface area contributed by atoms with Gasteiger partial charge in [0.25, 0.3) is 0 Å². The van der Waals surface area contributed by atoms with E-state index in [0.29, 0.717) is 0 Å². The molecule has 1 heterocycles. The second-order valence-corrected chi connectivity index (χ2v) is 7.42. The van der Waals surface area contributed by atoms with Gasteiger partial charge in [0.2, 0.25) is 5.91 Å². The summed E-state index contributed by atoms with van der Waals surface area (Å²) in [5, 5.41) is 3.81. The van der Waals surface area contributed by atoms with Crippen LogP contribution in [0.15, 0.2) is 48.5 Å². The quantitative estimate of drug-likeness (QED) is 0.831. The number of nitrogens with zero attached hydrogens (tertiary/aromatic N) is 1. The van der Waals surface area contributed by atoms with Crippen molar-refractivity contribution in [2.45, 2.75) is 32.4 Å². The van der Waals surface area contributed by atoms with Crippen LogP contribution in [0.4, 0.5) is 4.39 Å². The highest BCUT2D eigenvalue weighted by atomic mass is 35.5. The van der Waals surface area contributed by atoms with Crippen LogP contribution in [-0.2, 0) is 11.3 Å². The summed E-state index contributed by atoms with van der Waals surface area (Å²) in [7, 11) is 0. The molecule has 1 aliphatic heterocycles. The summed E-state index contributed by atoms with van der Waals surface area (Å²) < 4.78 is 13.0. The maximum Gasteiger partial charge on any atom is 0.224 e. The average Bonchev–Trinajstić information content (AvgIpc) is 2.64. The lowest BCUT2D eigenvalue weighted by Gasteiger charge is -2.32. The fourth-order valence-electron chi connectivity index (χ4n) is 3.43. The molecule has 1 fully saturated rings. The SMILES string of the molecule is C[C@H](NC(=O)[C@@H]1CCCN(Cc2ccc(Cl)cc2)C1)c1ccc(F)cc1.